The van der Waals surface area contributed by atoms with Crippen LogP contribution in [0.1, 0.15) is 40.2 Å². The first-order chi connectivity index (χ1) is 9.66. The molecule has 1 heterocycles. The summed E-state index contributed by atoms with van der Waals surface area (Å²) < 4.78 is 2.47. The minimum atomic E-state index is 1.04. The highest BCUT2D eigenvalue weighted by atomic mass is 32.2. The smallest absolute Gasteiger partial charge is 0.109 e. The Morgan fingerprint density at radius 2 is 1.60 bits per heavy atom. The molecule has 4 heteroatoms. The molecule has 1 aromatic rings. The fourth-order valence-electron chi connectivity index (χ4n) is 2.73. The fraction of sp³-hybridized carbons (Fsp3) is 0.750. The van der Waals surface area contributed by atoms with Gasteiger partial charge in [0.15, 0.2) is 0 Å². The van der Waals surface area contributed by atoms with Crippen molar-refractivity contribution in [3.8, 4) is 0 Å². The van der Waals surface area contributed by atoms with Crippen LogP contribution in [0.15, 0.2) is 11.1 Å². The molecule has 0 N–H and O–H groups in total. The Kier molecular flexibility index (Phi) is 7.52. The van der Waals surface area contributed by atoms with Gasteiger partial charge in [-0.3, -0.25) is 4.90 Å². The molecule has 0 saturated carbocycles. The molecule has 0 aromatic carbocycles. The lowest BCUT2D eigenvalue weighted by atomic mass is 10.3. The normalized spacial score (nSPS) is 11.3. The minimum absolute atomic E-state index is 1.04. The molecule has 0 fully saturated rings. The predicted octanol–water partition coefficient (Wildman–Crippen LogP) is 3.92. The van der Waals surface area contributed by atoms with Gasteiger partial charge < -0.3 is 9.47 Å². The van der Waals surface area contributed by atoms with E-state index in [1.54, 1.807) is 0 Å². The number of hydrogen-bond donors (Lipinski definition) is 0. The van der Waals surface area contributed by atoms with Crippen LogP contribution in [0.2, 0.25) is 0 Å². The Morgan fingerprint density at radius 3 is 2.00 bits per heavy atom. The number of hydrogen-bond acceptors (Lipinski definition) is 3. The van der Waals surface area contributed by atoms with Crippen LogP contribution in [-0.2, 0) is 13.1 Å². The fourth-order valence-corrected chi connectivity index (χ4v) is 3.56. The van der Waals surface area contributed by atoms with Crippen LogP contribution in [0, 0.1) is 0 Å². The summed E-state index contributed by atoms with van der Waals surface area (Å²) in [6.07, 6.45) is 2.19. The second-order valence-electron chi connectivity index (χ2n) is 4.91. The van der Waals surface area contributed by atoms with E-state index in [9.17, 15) is 0 Å². The maximum absolute atomic E-state index is 2.49. The molecular weight excluding hydrogens is 266 g/mol. The van der Waals surface area contributed by atoms with E-state index in [1.165, 1.54) is 16.4 Å². The van der Waals surface area contributed by atoms with Gasteiger partial charge >= 0.3 is 0 Å². The SMILES string of the molecule is CCN(CC)Cc1cc(N(CC)CC)n(CC)c1SC. The quantitative estimate of drug-likeness (QED) is 0.641. The zero-order valence-electron chi connectivity index (χ0n) is 14.1. The van der Waals surface area contributed by atoms with E-state index < -0.39 is 0 Å². The molecule has 0 radical (unpaired) electrons. The van der Waals surface area contributed by atoms with Crippen LogP contribution in [0.5, 0.6) is 0 Å². The summed E-state index contributed by atoms with van der Waals surface area (Å²) in [5, 5.41) is 1.43. The predicted molar refractivity (Wildman–Crippen MR) is 92.1 cm³/mol. The van der Waals surface area contributed by atoms with Crippen molar-refractivity contribution in [1.29, 1.82) is 0 Å². The summed E-state index contributed by atoms with van der Waals surface area (Å²) in [6, 6.07) is 2.40. The molecule has 0 unspecified atom stereocenters. The summed E-state index contributed by atoms with van der Waals surface area (Å²) in [4.78, 5) is 4.94. The lowest BCUT2D eigenvalue weighted by Crippen LogP contribution is -2.24. The van der Waals surface area contributed by atoms with Gasteiger partial charge in [0.25, 0.3) is 0 Å². The maximum atomic E-state index is 2.49. The number of thioether (sulfide) groups is 1. The van der Waals surface area contributed by atoms with Gasteiger partial charge in [-0.2, -0.15) is 0 Å². The molecule has 0 spiro atoms. The van der Waals surface area contributed by atoms with Gasteiger partial charge in [-0.1, -0.05) is 13.8 Å². The molecule has 3 nitrogen and oxygen atoms in total. The Balaban J connectivity index is 3.17. The zero-order chi connectivity index (χ0) is 15.1. The van der Waals surface area contributed by atoms with Crippen molar-refractivity contribution in [1.82, 2.24) is 9.47 Å². The average Bonchev–Trinajstić information content (AvgIpc) is 2.83. The highest BCUT2D eigenvalue weighted by molar-refractivity contribution is 7.98. The molecular formula is C16H31N3S. The summed E-state index contributed by atoms with van der Waals surface area (Å²) >= 11 is 1.88. The van der Waals surface area contributed by atoms with Crippen molar-refractivity contribution in [2.45, 2.75) is 52.7 Å². The highest BCUT2D eigenvalue weighted by Crippen LogP contribution is 2.31. The zero-order valence-corrected chi connectivity index (χ0v) is 14.9. The first-order valence-electron chi connectivity index (χ1n) is 7.90. The van der Waals surface area contributed by atoms with E-state index in [-0.39, 0.29) is 0 Å². The number of aromatic nitrogens is 1. The highest BCUT2D eigenvalue weighted by Gasteiger charge is 2.17. The van der Waals surface area contributed by atoms with Gasteiger partial charge in [-0.15, -0.1) is 11.8 Å². The third-order valence-corrected chi connectivity index (χ3v) is 4.85. The van der Waals surface area contributed by atoms with Crippen molar-refractivity contribution >= 4 is 17.6 Å². The van der Waals surface area contributed by atoms with E-state index >= 15 is 0 Å². The van der Waals surface area contributed by atoms with Gasteiger partial charge in [0.2, 0.25) is 0 Å². The number of anilines is 1. The van der Waals surface area contributed by atoms with Gasteiger partial charge in [-0.05, 0) is 46.2 Å². The second kappa shape index (κ2) is 8.63. The van der Waals surface area contributed by atoms with Gasteiger partial charge in [0.1, 0.15) is 5.82 Å². The second-order valence-corrected chi connectivity index (χ2v) is 5.71. The van der Waals surface area contributed by atoms with E-state index in [4.69, 9.17) is 0 Å². The lowest BCUT2D eigenvalue weighted by molar-refractivity contribution is 0.293. The summed E-state index contributed by atoms with van der Waals surface area (Å²) in [5.41, 5.74) is 1.48. The van der Waals surface area contributed by atoms with Crippen molar-refractivity contribution in [3.05, 3.63) is 11.6 Å². The molecule has 0 amide bonds. The van der Waals surface area contributed by atoms with Gasteiger partial charge in [-0.25, -0.2) is 0 Å². The van der Waals surface area contributed by atoms with Gasteiger partial charge in [0.05, 0.1) is 5.03 Å². The van der Waals surface area contributed by atoms with Crippen LogP contribution in [0.4, 0.5) is 5.82 Å². The van der Waals surface area contributed by atoms with E-state index in [1.807, 2.05) is 11.8 Å². The number of nitrogens with zero attached hydrogens (tertiary/aromatic N) is 3. The van der Waals surface area contributed by atoms with Crippen LogP contribution >= 0.6 is 11.8 Å². The largest absolute Gasteiger partial charge is 0.359 e. The first kappa shape index (κ1) is 17.4. The Labute approximate surface area is 129 Å². The molecule has 116 valence electrons. The van der Waals surface area contributed by atoms with Crippen molar-refractivity contribution in [2.75, 3.05) is 37.3 Å². The Bertz CT molecular complexity index is 393. The molecule has 0 atom stereocenters. The Morgan fingerprint density at radius 1 is 1.00 bits per heavy atom. The molecule has 0 saturated heterocycles. The Hall–Kier alpha value is -0.610. The third-order valence-electron chi connectivity index (χ3n) is 3.99. The van der Waals surface area contributed by atoms with E-state index in [2.05, 4.69) is 61.3 Å². The standard InChI is InChI=1S/C16H31N3S/c1-7-17(8-2)13-14-12-15(18(9-3)10-4)19(11-5)16(14)20-6/h12H,7-11,13H2,1-6H3. The summed E-state index contributed by atoms with van der Waals surface area (Å²) in [6.45, 7) is 17.7. The van der Waals surface area contributed by atoms with Crippen molar-refractivity contribution in [2.24, 2.45) is 0 Å². The minimum Gasteiger partial charge on any atom is -0.359 e. The molecule has 1 aromatic heterocycles. The molecule has 0 aliphatic carbocycles. The van der Waals surface area contributed by atoms with Crippen molar-refractivity contribution < 1.29 is 0 Å². The molecule has 20 heavy (non-hydrogen) atoms. The summed E-state index contributed by atoms with van der Waals surface area (Å²) in [5.74, 6) is 1.38. The van der Waals surface area contributed by atoms with Crippen LogP contribution in [0.25, 0.3) is 0 Å². The first-order valence-corrected chi connectivity index (χ1v) is 9.12. The van der Waals surface area contributed by atoms with Crippen LogP contribution < -0.4 is 4.90 Å². The third kappa shape index (κ3) is 3.73. The maximum Gasteiger partial charge on any atom is 0.109 e. The van der Waals surface area contributed by atoms with Crippen LogP contribution in [0.3, 0.4) is 0 Å². The number of rotatable bonds is 9. The topological polar surface area (TPSA) is 11.4 Å². The van der Waals surface area contributed by atoms with E-state index in [0.29, 0.717) is 0 Å². The molecule has 0 bridgehead atoms. The monoisotopic (exact) mass is 297 g/mol. The van der Waals surface area contributed by atoms with Gasteiger partial charge in [0, 0.05) is 31.7 Å². The molecule has 0 aliphatic heterocycles. The summed E-state index contributed by atoms with van der Waals surface area (Å²) in [7, 11) is 0. The van der Waals surface area contributed by atoms with Crippen molar-refractivity contribution in [3.63, 3.8) is 0 Å². The molecule has 0 aliphatic rings. The molecule has 1 rings (SSSR count). The lowest BCUT2D eigenvalue weighted by Gasteiger charge is -2.23. The average molecular weight is 298 g/mol. The van der Waals surface area contributed by atoms with E-state index in [0.717, 1.165) is 39.3 Å². The van der Waals surface area contributed by atoms with Crippen LogP contribution in [-0.4, -0.2) is 41.9 Å².